The number of ether oxygens (including phenoxy) is 1. The molecule has 0 spiro atoms. The number of aromatic nitrogens is 2. The molecule has 0 radical (unpaired) electrons. The predicted molar refractivity (Wildman–Crippen MR) is 61.1 cm³/mol. The number of nitrogens with zero attached hydrogens (tertiary/aromatic N) is 1. The average molecular weight is 221 g/mol. The molecule has 2 unspecified atom stereocenters. The highest BCUT2D eigenvalue weighted by atomic mass is 16.5. The molecule has 3 rings (SSSR count). The maximum absolute atomic E-state index is 5.81. The van der Waals surface area contributed by atoms with Crippen LogP contribution in [0.25, 0.3) is 0 Å². The summed E-state index contributed by atoms with van der Waals surface area (Å²) < 4.78 is 5.81. The van der Waals surface area contributed by atoms with E-state index in [0.717, 1.165) is 37.5 Å². The smallest absolute Gasteiger partial charge is 0.123 e. The van der Waals surface area contributed by atoms with E-state index in [-0.39, 0.29) is 5.60 Å². The zero-order chi connectivity index (χ0) is 11.0. The quantitative estimate of drug-likeness (QED) is 0.801. The normalized spacial score (nSPS) is 34.7. The molecule has 1 aromatic heterocycles. The monoisotopic (exact) mass is 221 g/mol. The van der Waals surface area contributed by atoms with Gasteiger partial charge in [-0.1, -0.05) is 0 Å². The van der Waals surface area contributed by atoms with Gasteiger partial charge in [-0.15, -0.1) is 0 Å². The van der Waals surface area contributed by atoms with Crippen molar-refractivity contribution < 1.29 is 4.74 Å². The SMILES string of the molecule is CC1(c2cnc(C3CCCN3)[nH]2)CCCO1. The molecule has 0 aliphatic carbocycles. The maximum Gasteiger partial charge on any atom is 0.123 e. The van der Waals surface area contributed by atoms with E-state index in [9.17, 15) is 0 Å². The number of hydrogen-bond acceptors (Lipinski definition) is 3. The van der Waals surface area contributed by atoms with Crippen molar-refractivity contribution in [1.29, 1.82) is 0 Å². The van der Waals surface area contributed by atoms with Crippen molar-refractivity contribution in [3.8, 4) is 0 Å². The summed E-state index contributed by atoms with van der Waals surface area (Å²) in [7, 11) is 0. The van der Waals surface area contributed by atoms with Gasteiger partial charge in [-0.05, 0) is 39.2 Å². The molecule has 2 N–H and O–H groups in total. The minimum Gasteiger partial charge on any atom is -0.369 e. The highest BCUT2D eigenvalue weighted by Crippen LogP contribution is 2.35. The highest BCUT2D eigenvalue weighted by molar-refractivity contribution is 5.14. The van der Waals surface area contributed by atoms with Gasteiger partial charge < -0.3 is 15.0 Å². The molecule has 2 aliphatic heterocycles. The van der Waals surface area contributed by atoms with Gasteiger partial charge in [0.25, 0.3) is 0 Å². The first-order chi connectivity index (χ1) is 7.78. The third-order valence-corrected chi connectivity index (χ3v) is 3.77. The summed E-state index contributed by atoms with van der Waals surface area (Å²) in [6.07, 6.45) is 6.61. The van der Waals surface area contributed by atoms with Gasteiger partial charge in [0.15, 0.2) is 0 Å². The Morgan fingerprint density at radius 2 is 2.44 bits per heavy atom. The van der Waals surface area contributed by atoms with Gasteiger partial charge in [-0.25, -0.2) is 4.98 Å². The summed E-state index contributed by atoms with van der Waals surface area (Å²) in [6, 6.07) is 0.416. The van der Waals surface area contributed by atoms with Crippen LogP contribution in [0, 0.1) is 0 Å². The third-order valence-electron chi connectivity index (χ3n) is 3.77. The third kappa shape index (κ3) is 1.66. The van der Waals surface area contributed by atoms with Gasteiger partial charge in [-0.2, -0.15) is 0 Å². The molecule has 4 nitrogen and oxygen atoms in total. The molecule has 0 saturated carbocycles. The van der Waals surface area contributed by atoms with Crippen molar-refractivity contribution in [3.05, 3.63) is 17.7 Å². The van der Waals surface area contributed by atoms with Crippen LogP contribution < -0.4 is 5.32 Å². The predicted octanol–water partition coefficient (Wildman–Crippen LogP) is 1.86. The molecular formula is C12H19N3O. The van der Waals surface area contributed by atoms with Crippen LogP contribution >= 0.6 is 0 Å². The van der Waals surface area contributed by atoms with Gasteiger partial charge >= 0.3 is 0 Å². The van der Waals surface area contributed by atoms with E-state index in [2.05, 4.69) is 22.2 Å². The molecule has 0 bridgehead atoms. The number of imidazole rings is 1. The Labute approximate surface area is 95.8 Å². The number of H-pyrrole nitrogens is 1. The Balaban J connectivity index is 1.81. The van der Waals surface area contributed by atoms with Crippen LogP contribution in [0.15, 0.2) is 6.20 Å². The lowest BCUT2D eigenvalue weighted by Gasteiger charge is -2.21. The lowest BCUT2D eigenvalue weighted by Crippen LogP contribution is -2.21. The Morgan fingerprint density at radius 1 is 1.50 bits per heavy atom. The molecule has 0 aromatic carbocycles. The second kappa shape index (κ2) is 3.86. The summed E-state index contributed by atoms with van der Waals surface area (Å²) in [5.41, 5.74) is 0.998. The van der Waals surface area contributed by atoms with E-state index in [1.54, 1.807) is 0 Å². The lowest BCUT2D eigenvalue weighted by atomic mass is 10.00. The Bertz CT molecular complexity index is 362. The fourth-order valence-corrected chi connectivity index (χ4v) is 2.69. The number of rotatable bonds is 2. The summed E-state index contributed by atoms with van der Waals surface area (Å²) in [4.78, 5) is 7.93. The van der Waals surface area contributed by atoms with Crippen LogP contribution in [-0.4, -0.2) is 23.1 Å². The van der Waals surface area contributed by atoms with Gasteiger partial charge in [-0.3, -0.25) is 0 Å². The van der Waals surface area contributed by atoms with Crippen molar-refractivity contribution in [2.24, 2.45) is 0 Å². The minimum absolute atomic E-state index is 0.135. The summed E-state index contributed by atoms with van der Waals surface area (Å²) in [5, 5.41) is 3.45. The van der Waals surface area contributed by atoms with Gasteiger partial charge in [0.05, 0.1) is 17.9 Å². The molecule has 4 heteroatoms. The highest BCUT2D eigenvalue weighted by Gasteiger charge is 2.34. The van der Waals surface area contributed by atoms with Gasteiger partial charge in [0.1, 0.15) is 11.4 Å². The lowest BCUT2D eigenvalue weighted by molar-refractivity contribution is 0.0134. The molecule has 2 atom stereocenters. The zero-order valence-corrected chi connectivity index (χ0v) is 9.75. The molecule has 0 amide bonds. The molecule has 3 heterocycles. The van der Waals surface area contributed by atoms with Gasteiger partial charge in [0, 0.05) is 6.61 Å². The van der Waals surface area contributed by atoms with Crippen LogP contribution in [-0.2, 0) is 10.3 Å². The van der Waals surface area contributed by atoms with Crippen molar-refractivity contribution in [1.82, 2.24) is 15.3 Å². The minimum atomic E-state index is -0.135. The van der Waals surface area contributed by atoms with Crippen LogP contribution in [0.3, 0.4) is 0 Å². The summed E-state index contributed by atoms with van der Waals surface area (Å²) >= 11 is 0. The topological polar surface area (TPSA) is 49.9 Å². The Morgan fingerprint density at radius 3 is 3.12 bits per heavy atom. The van der Waals surface area contributed by atoms with Crippen molar-refractivity contribution in [2.75, 3.05) is 13.2 Å². The fourth-order valence-electron chi connectivity index (χ4n) is 2.69. The number of nitrogens with one attached hydrogen (secondary N) is 2. The van der Waals surface area contributed by atoms with E-state index in [4.69, 9.17) is 4.74 Å². The standard InChI is InChI=1S/C12H19N3O/c1-12(5-3-7-16-12)10-8-14-11(15-10)9-4-2-6-13-9/h8-9,13H,2-7H2,1H3,(H,14,15). The van der Waals surface area contributed by atoms with E-state index >= 15 is 0 Å². The molecule has 2 aliphatic rings. The van der Waals surface area contributed by atoms with E-state index in [1.165, 1.54) is 12.8 Å². The van der Waals surface area contributed by atoms with Crippen molar-refractivity contribution in [3.63, 3.8) is 0 Å². The summed E-state index contributed by atoms with van der Waals surface area (Å²) in [6.45, 7) is 4.13. The molecule has 1 aromatic rings. The van der Waals surface area contributed by atoms with Crippen LogP contribution in [0.4, 0.5) is 0 Å². The van der Waals surface area contributed by atoms with Crippen LogP contribution in [0.2, 0.25) is 0 Å². The first kappa shape index (κ1) is 10.3. The van der Waals surface area contributed by atoms with Crippen LogP contribution in [0.1, 0.15) is 50.2 Å². The largest absolute Gasteiger partial charge is 0.369 e. The Hall–Kier alpha value is -0.870. The molecule has 16 heavy (non-hydrogen) atoms. The number of hydrogen-bond donors (Lipinski definition) is 2. The second-order valence-electron chi connectivity index (χ2n) is 5.01. The average Bonchev–Trinajstić information content (AvgIpc) is 2.98. The first-order valence-electron chi connectivity index (χ1n) is 6.21. The van der Waals surface area contributed by atoms with Crippen molar-refractivity contribution in [2.45, 2.75) is 44.2 Å². The fraction of sp³-hybridized carbons (Fsp3) is 0.750. The van der Waals surface area contributed by atoms with E-state index in [1.807, 2.05) is 6.20 Å². The van der Waals surface area contributed by atoms with Gasteiger partial charge in [0.2, 0.25) is 0 Å². The first-order valence-corrected chi connectivity index (χ1v) is 6.21. The molecular weight excluding hydrogens is 202 g/mol. The van der Waals surface area contributed by atoms with Crippen molar-refractivity contribution >= 4 is 0 Å². The second-order valence-corrected chi connectivity index (χ2v) is 5.01. The molecule has 2 fully saturated rings. The Kier molecular flexibility index (Phi) is 2.48. The summed E-state index contributed by atoms with van der Waals surface area (Å²) in [5.74, 6) is 1.07. The molecule has 2 saturated heterocycles. The number of aromatic amines is 1. The van der Waals surface area contributed by atoms with E-state index in [0.29, 0.717) is 6.04 Å². The maximum atomic E-state index is 5.81. The van der Waals surface area contributed by atoms with Crippen LogP contribution in [0.5, 0.6) is 0 Å². The zero-order valence-electron chi connectivity index (χ0n) is 9.75. The van der Waals surface area contributed by atoms with E-state index < -0.39 is 0 Å². The molecule has 88 valence electrons.